The molecule has 0 saturated carbocycles. The Balaban J connectivity index is 1.85. The summed E-state index contributed by atoms with van der Waals surface area (Å²) >= 11 is 0. The van der Waals surface area contributed by atoms with Crippen molar-refractivity contribution in [1.29, 1.82) is 0 Å². The van der Waals surface area contributed by atoms with Crippen LogP contribution in [0.5, 0.6) is 0 Å². The molecule has 2 heterocycles. The van der Waals surface area contributed by atoms with Gasteiger partial charge in [-0.3, -0.25) is 4.79 Å². The van der Waals surface area contributed by atoms with Gasteiger partial charge in [0.05, 0.1) is 18.4 Å². The zero-order valence-electron chi connectivity index (χ0n) is 9.89. The molecule has 0 radical (unpaired) electrons. The maximum atomic E-state index is 11.9. The van der Waals surface area contributed by atoms with E-state index in [4.69, 9.17) is 14.9 Å². The highest BCUT2D eigenvalue weighted by molar-refractivity contribution is 5.81. The van der Waals surface area contributed by atoms with Gasteiger partial charge in [-0.25, -0.2) is 0 Å². The maximum Gasteiger partial charge on any atom is 0.249 e. The van der Waals surface area contributed by atoms with Gasteiger partial charge in [0, 0.05) is 6.54 Å². The molecule has 5 heteroatoms. The normalized spacial score (nSPS) is 25.8. The highest BCUT2D eigenvalue weighted by Gasteiger charge is 2.30. The summed E-state index contributed by atoms with van der Waals surface area (Å²) in [7, 11) is 0. The van der Waals surface area contributed by atoms with Crippen LogP contribution in [0.3, 0.4) is 0 Å². The van der Waals surface area contributed by atoms with E-state index in [0.29, 0.717) is 6.54 Å². The van der Waals surface area contributed by atoms with Gasteiger partial charge in [0.15, 0.2) is 0 Å². The Bertz CT molecular complexity index is 364. The minimum atomic E-state index is -0.374. The van der Waals surface area contributed by atoms with E-state index in [1.165, 1.54) is 0 Å². The van der Waals surface area contributed by atoms with Gasteiger partial charge >= 0.3 is 0 Å². The summed E-state index contributed by atoms with van der Waals surface area (Å²) in [6.07, 6.45) is 2.82. The molecule has 0 aliphatic carbocycles. The number of nitrogens with two attached hydrogens (primary N) is 1. The van der Waals surface area contributed by atoms with Crippen molar-refractivity contribution in [3.8, 4) is 0 Å². The van der Waals surface area contributed by atoms with Crippen LogP contribution in [0.1, 0.15) is 31.6 Å². The number of carbonyl (C=O) groups is 1. The second kappa shape index (κ2) is 5.33. The van der Waals surface area contributed by atoms with E-state index in [1.54, 1.807) is 12.3 Å². The van der Waals surface area contributed by atoms with Crippen molar-refractivity contribution in [2.45, 2.75) is 38.0 Å². The van der Waals surface area contributed by atoms with Crippen molar-refractivity contribution in [3.05, 3.63) is 24.2 Å². The largest absolute Gasteiger partial charge is 0.467 e. The predicted octanol–water partition coefficient (Wildman–Crippen LogP) is 0.963. The van der Waals surface area contributed by atoms with Gasteiger partial charge in [0.2, 0.25) is 5.91 Å². The smallest absolute Gasteiger partial charge is 0.249 e. The van der Waals surface area contributed by atoms with Crippen LogP contribution in [0.25, 0.3) is 0 Å². The summed E-state index contributed by atoms with van der Waals surface area (Å²) in [4.78, 5) is 11.9. The molecule has 1 saturated heterocycles. The first-order chi connectivity index (χ1) is 8.20. The van der Waals surface area contributed by atoms with Crippen LogP contribution in [0, 0.1) is 0 Å². The van der Waals surface area contributed by atoms with Gasteiger partial charge < -0.3 is 20.2 Å². The standard InChI is InChI=1S/C12H18N2O3/c1-8(10-3-2-6-16-10)14-12(15)11-5-4-9(7-13)17-11/h2-3,6,8-9,11H,4-5,7,13H2,1H3,(H,14,15)/t8-,9?,11?/m1/s1. The lowest BCUT2D eigenvalue weighted by Gasteiger charge is -2.16. The van der Waals surface area contributed by atoms with Crippen molar-refractivity contribution in [3.63, 3.8) is 0 Å². The second-order valence-corrected chi connectivity index (χ2v) is 4.31. The van der Waals surface area contributed by atoms with Crippen LogP contribution in [0.4, 0.5) is 0 Å². The number of amides is 1. The van der Waals surface area contributed by atoms with E-state index < -0.39 is 0 Å². The Labute approximate surface area is 100 Å². The first-order valence-corrected chi connectivity index (χ1v) is 5.90. The Morgan fingerprint density at radius 2 is 2.47 bits per heavy atom. The molecule has 2 rings (SSSR count). The number of furan rings is 1. The van der Waals surface area contributed by atoms with Crippen molar-refractivity contribution in [2.75, 3.05) is 6.54 Å². The number of nitrogens with one attached hydrogen (secondary N) is 1. The lowest BCUT2D eigenvalue weighted by molar-refractivity contribution is -0.132. The Morgan fingerprint density at radius 1 is 1.65 bits per heavy atom. The molecule has 17 heavy (non-hydrogen) atoms. The fraction of sp³-hybridized carbons (Fsp3) is 0.583. The van der Waals surface area contributed by atoms with Crippen LogP contribution < -0.4 is 11.1 Å². The van der Waals surface area contributed by atoms with Crippen molar-refractivity contribution >= 4 is 5.91 Å². The second-order valence-electron chi connectivity index (χ2n) is 4.31. The van der Waals surface area contributed by atoms with Crippen molar-refractivity contribution in [1.82, 2.24) is 5.32 Å². The molecule has 1 aliphatic heterocycles. The van der Waals surface area contributed by atoms with Crippen LogP contribution in [-0.2, 0) is 9.53 Å². The molecular formula is C12H18N2O3. The predicted molar refractivity (Wildman–Crippen MR) is 62.2 cm³/mol. The number of rotatable bonds is 4. The molecule has 94 valence electrons. The molecule has 3 atom stereocenters. The summed E-state index contributed by atoms with van der Waals surface area (Å²) in [5.74, 6) is 0.650. The van der Waals surface area contributed by atoms with Gasteiger partial charge in [-0.05, 0) is 31.9 Å². The van der Waals surface area contributed by atoms with E-state index in [9.17, 15) is 4.79 Å². The first-order valence-electron chi connectivity index (χ1n) is 5.90. The number of carbonyl (C=O) groups excluding carboxylic acids is 1. The monoisotopic (exact) mass is 238 g/mol. The summed E-state index contributed by atoms with van der Waals surface area (Å²) in [6.45, 7) is 2.35. The quantitative estimate of drug-likeness (QED) is 0.819. The average molecular weight is 238 g/mol. The van der Waals surface area contributed by atoms with Gasteiger partial charge in [0.1, 0.15) is 11.9 Å². The van der Waals surface area contributed by atoms with Gasteiger partial charge in [-0.15, -0.1) is 0 Å². The van der Waals surface area contributed by atoms with E-state index in [0.717, 1.165) is 18.6 Å². The molecule has 0 aromatic carbocycles. The van der Waals surface area contributed by atoms with Gasteiger partial charge in [-0.2, -0.15) is 0 Å². The fourth-order valence-corrected chi connectivity index (χ4v) is 1.99. The third-order valence-electron chi connectivity index (χ3n) is 2.99. The number of hydrogen-bond acceptors (Lipinski definition) is 4. The molecule has 1 amide bonds. The number of ether oxygens (including phenoxy) is 1. The summed E-state index contributed by atoms with van der Waals surface area (Å²) in [5.41, 5.74) is 5.50. The number of hydrogen-bond donors (Lipinski definition) is 2. The van der Waals surface area contributed by atoms with E-state index in [-0.39, 0.29) is 24.2 Å². The topological polar surface area (TPSA) is 77.5 Å². The van der Waals surface area contributed by atoms with Crippen molar-refractivity contribution in [2.24, 2.45) is 5.73 Å². The zero-order valence-corrected chi connectivity index (χ0v) is 9.89. The minimum absolute atomic E-state index is 0.0182. The molecule has 1 aromatic heterocycles. The van der Waals surface area contributed by atoms with E-state index in [1.807, 2.05) is 13.0 Å². The van der Waals surface area contributed by atoms with Gasteiger partial charge in [-0.1, -0.05) is 0 Å². The molecule has 0 bridgehead atoms. The summed E-state index contributed by atoms with van der Waals surface area (Å²) < 4.78 is 10.7. The van der Waals surface area contributed by atoms with Crippen LogP contribution in [0.2, 0.25) is 0 Å². The molecular weight excluding hydrogens is 220 g/mol. The molecule has 3 N–H and O–H groups in total. The Hall–Kier alpha value is -1.33. The van der Waals surface area contributed by atoms with Crippen LogP contribution in [0.15, 0.2) is 22.8 Å². The van der Waals surface area contributed by atoms with E-state index in [2.05, 4.69) is 5.32 Å². The molecule has 1 fully saturated rings. The Kier molecular flexibility index (Phi) is 3.81. The lowest BCUT2D eigenvalue weighted by atomic mass is 10.1. The van der Waals surface area contributed by atoms with Gasteiger partial charge in [0.25, 0.3) is 0 Å². The lowest BCUT2D eigenvalue weighted by Crippen LogP contribution is -2.36. The third kappa shape index (κ3) is 2.87. The first kappa shape index (κ1) is 12.1. The molecule has 1 aromatic rings. The summed E-state index contributed by atoms with van der Waals surface area (Å²) in [5, 5.41) is 2.87. The zero-order chi connectivity index (χ0) is 12.3. The summed E-state index contributed by atoms with van der Waals surface area (Å²) in [6, 6.07) is 3.50. The maximum absolute atomic E-state index is 11.9. The van der Waals surface area contributed by atoms with Crippen LogP contribution in [-0.4, -0.2) is 24.7 Å². The van der Waals surface area contributed by atoms with Crippen LogP contribution >= 0.6 is 0 Å². The average Bonchev–Trinajstić information content (AvgIpc) is 3.00. The molecule has 1 aliphatic rings. The minimum Gasteiger partial charge on any atom is -0.467 e. The molecule has 0 spiro atoms. The molecule has 5 nitrogen and oxygen atoms in total. The van der Waals surface area contributed by atoms with E-state index >= 15 is 0 Å². The fourth-order valence-electron chi connectivity index (χ4n) is 1.99. The highest BCUT2D eigenvalue weighted by Crippen LogP contribution is 2.20. The highest BCUT2D eigenvalue weighted by atomic mass is 16.5. The Morgan fingerprint density at radius 3 is 3.06 bits per heavy atom. The third-order valence-corrected chi connectivity index (χ3v) is 2.99. The SMILES string of the molecule is C[C@@H](NC(=O)C1CCC(CN)O1)c1ccco1. The molecule has 2 unspecified atom stereocenters. The van der Waals surface area contributed by atoms with Crippen molar-refractivity contribution < 1.29 is 13.9 Å².